The third kappa shape index (κ3) is 5.07. The third-order valence-electron chi connectivity index (χ3n) is 4.30. The zero-order valence-corrected chi connectivity index (χ0v) is 15.1. The highest BCUT2D eigenvalue weighted by Gasteiger charge is 2.27. The molecule has 0 radical (unpaired) electrons. The van der Waals surface area contributed by atoms with Gasteiger partial charge in [0.05, 0.1) is 30.2 Å². The Kier molecular flexibility index (Phi) is 6.39. The van der Waals surface area contributed by atoms with Crippen molar-refractivity contribution in [2.75, 3.05) is 45.2 Å². The van der Waals surface area contributed by atoms with Gasteiger partial charge < -0.3 is 20.2 Å². The Morgan fingerprint density at radius 3 is 2.75 bits per heavy atom. The van der Waals surface area contributed by atoms with Crippen LogP contribution in [-0.4, -0.2) is 78.3 Å². The number of aliphatic hydroxyl groups excluding tert-OH is 1. The van der Waals surface area contributed by atoms with Crippen LogP contribution in [0, 0.1) is 0 Å². The van der Waals surface area contributed by atoms with Gasteiger partial charge in [-0.05, 0) is 26.0 Å². The molecule has 7 heteroatoms. The van der Waals surface area contributed by atoms with Gasteiger partial charge in [-0.25, -0.2) is 4.79 Å². The maximum Gasteiger partial charge on any atom is 0.317 e. The molecule has 2 heterocycles. The predicted octanol–water partition coefficient (Wildman–Crippen LogP) is 0.744. The lowest BCUT2D eigenvalue weighted by Gasteiger charge is -2.40. The van der Waals surface area contributed by atoms with E-state index in [4.69, 9.17) is 0 Å². The first-order chi connectivity index (χ1) is 11.4. The summed E-state index contributed by atoms with van der Waals surface area (Å²) in [6, 6.07) is 4.11. The predicted molar refractivity (Wildman–Crippen MR) is 95.1 cm³/mol. The van der Waals surface area contributed by atoms with Crippen molar-refractivity contribution in [2.45, 2.75) is 32.5 Å². The van der Waals surface area contributed by atoms with E-state index in [2.05, 4.69) is 22.1 Å². The zero-order chi connectivity index (χ0) is 17.7. The van der Waals surface area contributed by atoms with Gasteiger partial charge in [0.1, 0.15) is 0 Å². The monoisotopic (exact) mass is 335 g/mol. The summed E-state index contributed by atoms with van der Waals surface area (Å²) in [6.07, 6.45) is 1.46. The molecule has 24 heavy (non-hydrogen) atoms. The second kappa shape index (κ2) is 8.30. The number of hydrogen-bond acceptors (Lipinski definition) is 5. The van der Waals surface area contributed by atoms with E-state index in [1.54, 1.807) is 13.1 Å². The molecule has 0 saturated carbocycles. The third-order valence-corrected chi connectivity index (χ3v) is 4.30. The standard InChI is InChI=1S/C17H29N5O2/c1-13-11-22(8-7-21(13)12-14(2)23)17(24)19-9-15-5-6-16(10-18-15)20(3)4/h5-6,10,13-14,23H,7-9,11-12H2,1-4H3,(H,19,24). The molecule has 2 amide bonds. The molecule has 1 aliphatic rings. The van der Waals surface area contributed by atoms with E-state index in [1.165, 1.54) is 0 Å². The van der Waals surface area contributed by atoms with Gasteiger partial charge in [-0.3, -0.25) is 9.88 Å². The first-order valence-corrected chi connectivity index (χ1v) is 8.44. The molecule has 0 spiro atoms. The van der Waals surface area contributed by atoms with Crippen molar-refractivity contribution in [3.8, 4) is 0 Å². The number of pyridine rings is 1. The Morgan fingerprint density at radius 1 is 1.46 bits per heavy atom. The van der Waals surface area contributed by atoms with Crippen LogP contribution in [-0.2, 0) is 6.54 Å². The fraction of sp³-hybridized carbons (Fsp3) is 0.647. The van der Waals surface area contributed by atoms with Crippen LogP contribution in [0.25, 0.3) is 0 Å². The summed E-state index contributed by atoms with van der Waals surface area (Å²) in [6.45, 7) is 7.09. The van der Waals surface area contributed by atoms with E-state index >= 15 is 0 Å². The maximum atomic E-state index is 12.3. The Balaban J connectivity index is 1.81. The molecule has 0 aliphatic carbocycles. The van der Waals surface area contributed by atoms with E-state index in [-0.39, 0.29) is 18.2 Å². The number of nitrogens with zero attached hydrogens (tertiary/aromatic N) is 4. The minimum Gasteiger partial charge on any atom is -0.392 e. The number of nitrogens with one attached hydrogen (secondary N) is 1. The minimum absolute atomic E-state index is 0.0583. The van der Waals surface area contributed by atoms with Crippen molar-refractivity contribution >= 4 is 11.7 Å². The first kappa shape index (κ1) is 18.5. The van der Waals surface area contributed by atoms with Crippen LogP contribution < -0.4 is 10.2 Å². The van der Waals surface area contributed by atoms with Crippen LogP contribution in [0.3, 0.4) is 0 Å². The summed E-state index contributed by atoms with van der Waals surface area (Å²) in [4.78, 5) is 22.7. The van der Waals surface area contributed by atoms with E-state index in [0.717, 1.165) is 17.9 Å². The molecule has 0 aromatic carbocycles. The molecule has 134 valence electrons. The number of anilines is 1. The van der Waals surface area contributed by atoms with Crippen molar-refractivity contribution in [3.63, 3.8) is 0 Å². The lowest BCUT2D eigenvalue weighted by Crippen LogP contribution is -2.56. The van der Waals surface area contributed by atoms with Crippen LogP contribution in [0.5, 0.6) is 0 Å². The molecule has 2 atom stereocenters. The van der Waals surface area contributed by atoms with Crippen LogP contribution in [0.4, 0.5) is 10.5 Å². The first-order valence-electron chi connectivity index (χ1n) is 8.44. The number of aromatic nitrogens is 1. The van der Waals surface area contributed by atoms with Gasteiger partial charge in [-0.1, -0.05) is 0 Å². The van der Waals surface area contributed by atoms with Gasteiger partial charge in [0, 0.05) is 46.3 Å². The van der Waals surface area contributed by atoms with Gasteiger partial charge in [0.2, 0.25) is 0 Å². The molecule has 1 saturated heterocycles. The number of β-amino-alcohol motifs (C(OH)–C–C–N with tert-alkyl or cyclic N) is 1. The van der Waals surface area contributed by atoms with Gasteiger partial charge in [0.15, 0.2) is 0 Å². The van der Waals surface area contributed by atoms with Crippen LogP contribution in [0.1, 0.15) is 19.5 Å². The number of piperazine rings is 1. The van der Waals surface area contributed by atoms with E-state index in [9.17, 15) is 9.90 Å². The Labute approximate surface area is 144 Å². The molecule has 1 aliphatic heterocycles. The summed E-state index contributed by atoms with van der Waals surface area (Å²) < 4.78 is 0. The molecule has 1 fully saturated rings. The topological polar surface area (TPSA) is 71.9 Å². The summed E-state index contributed by atoms with van der Waals surface area (Å²) in [5.74, 6) is 0. The van der Waals surface area contributed by atoms with Gasteiger partial charge in [0.25, 0.3) is 0 Å². The van der Waals surface area contributed by atoms with Crippen molar-refractivity contribution < 1.29 is 9.90 Å². The molecular weight excluding hydrogens is 306 g/mol. The molecular formula is C17H29N5O2. The van der Waals surface area contributed by atoms with Crippen LogP contribution in [0.2, 0.25) is 0 Å². The van der Waals surface area contributed by atoms with Gasteiger partial charge in [-0.15, -0.1) is 0 Å². The second-order valence-electron chi connectivity index (χ2n) is 6.70. The van der Waals surface area contributed by atoms with E-state index in [1.807, 2.05) is 36.0 Å². The molecule has 1 aromatic heterocycles. The van der Waals surface area contributed by atoms with E-state index in [0.29, 0.717) is 26.2 Å². The van der Waals surface area contributed by atoms with Gasteiger partial charge >= 0.3 is 6.03 Å². The van der Waals surface area contributed by atoms with Crippen LogP contribution >= 0.6 is 0 Å². The quantitative estimate of drug-likeness (QED) is 0.831. The fourth-order valence-corrected chi connectivity index (χ4v) is 2.85. The fourth-order valence-electron chi connectivity index (χ4n) is 2.85. The average molecular weight is 335 g/mol. The molecule has 7 nitrogen and oxygen atoms in total. The highest BCUT2D eigenvalue weighted by atomic mass is 16.3. The number of carbonyl (C=O) groups excluding carboxylic acids is 1. The summed E-state index contributed by atoms with van der Waals surface area (Å²) in [5.41, 5.74) is 1.88. The van der Waals surface area contributed by atoms with Crippen LogP contribution in [0.15, 0.2) is 18.3 Å². The molecule has 2 unspecified atom stereocenters. The largest absolute Gasteiger partial charge is 0.392 e. The molecule has 2 rings (SSSR count). The van der Waals surface area contributed by atoms with Crippen molar-refractivity contribution in [1.29, 1.82) is 0 Å². The summed E-state index contributed by atoms with van der Waals surface area (Å²) >= 11 is 0. The normalized spacial score (nSPS) is 19.9. The number of amides is 2. The lowest BCUT2D eigenvalue weighted by molar-refractivity contribution is 0.0566. The summed E-state index contributed by atoms with van der Waals surface area (Å²) in [7, 11) is 3.94. The highest BCUT2D eigenvalue weighted by Crippen LogP contribution is 2.11. The number of rotatable bonds is 5. The number of urea groups is 1. The Bertz CT molecular complexity index is 532. The van der Waals surface area contributed by atoms with Crippen molar-refractivity contribution in [3.05, 3.63) is 24.0 Å². The number of hydrogen-bond donors (Lipinski definition) is 2. The number of carbonyl (C=O) groups is 1. The van der Waals surface area contributed by atoms with Gasteiger partial charge in [-0.2, -0.15) is 0 Å². The average Bonchev–Trinajstić information content (AvgIpc) is 2.54. The minimum atomic E-state index is -0.343. The Morgan fingerprint density at radius 2 is 2.21 bits per heavy atom. The number of aliphatic hydroxyl groups is 1. The maximum absolute atomic E-state index is 12.3. The van der Waals surface area contributed by atoms with Crippen molar-refractivity contribution in [1.82, 2.24) is 20.1 Å². The second-order valence-corrected chi connectivity index (χ2v) is 6.70. The highest BCUT2D eigenvalue weighted by molar-refractivity contribution is 5.74. The summed E-state index contributed by atoms with van der Waals surface area (Å²) in [5, 5.41) is 12.5. The molecule has 0 bridgehead atoms. The molecule has 1 aromatic rings. The van der Waals surface area contributed by atoms with Crippen molar-refractivity contribution in [2.24, 2.45) is 0 Å². The zero-order valence-electron chi connectivity index (χ0n) is 15.1. The lowest BCUT2D eigenvalue weighted by atomic mass is 10.2. The Hall–Kier alpha value is -1.86. The smallest absolute Gasteiger partial charge is 0.317 e. The SMILES string of the molecule is CC(O)CN1CCN(C(=O)NCc2ccc(N(C)C)cn2)CC1C. The van der Waals surface area contributed by atoms with E-state index < -0.39 is 0 Å². The molecule has 2 N–H and O–H groups in total.